The maximum Gasteiger partial charge on any atom is 2.00 e. The summed E-state index contributed by atoms with van der Waals surface area (Å²) in [5.41, 5.74) is 0. The van der Waals surface area contributed by atoms with Gasteiger partial charge in [-0.3, -0.25) is 0 Å². The topological polar surface area (TPSA) is 20.2 Å². The van der Waals surface area contributed by atoms with Crippen LogP contribution in [0.4, 0.5) is 0 Å². The molecule has 0 aromatic rings. The molecule has 0 aromatic heterocycles. The molecule has 5 heavy (non-hydrogen) atoms. The minimum atomic E-state index is 0. The molecule has 0 aliphatic carbocycles. The molecule has 0 radical (unpaired) electrons. The van der Waals surface area contributed by atoms with Crippen LogP contribution in [0.2, 0.25) is 0 Å². The van der Waals surface area contributed by atoms with Crippen LogP contribution in [0.3, 0.4) is 0 Å². The van der Waals surface area contributed by atoms with Crippen molar-refractivity contribution in [3.05, 3.63) is 0 Å². The summed E-state index contributed by atoms with van der Waals surface area (Å²) in [6.45, 7) is 0. The van der Waals surface area contributed by atoms with E-state index in [0.717, 1.165) is 7.11 Å². The molecule has 0 aliphatic rings. The Kier molecular flexibility index (Phi) is 197. The summed E-state index contributed by atoms with van der Waals surface area (Å²) in [6.07, 6.45) is 0. The standard InChI is InChI=1S/CH4O.Ba.2ClH/c1-2;;;/h2H,1H3;;2*1H/q;+2;;/p-2. The van der Waals surface area contributed by atoms with E-state index in [-0.39, 0.29) is 73.7 Å². The third-order valence-corrected chi connectivity index (χ3v) is 0. The quantitative estimate of drug-likeness (QED) is 0.417. The maximum absolute atomic E-state index is 7.00. The Morgan fingerprint density at radius 3 is 1.00 bits per heavy atom. The maximum atomic E-state index is 7.00. The fraction of sp³-hybridized carbons (Fsp3) is 1.00. The van der Waals surface area contributed by atoms with Gasteiger partial charge in [0, 0.05) is 7.11 Å². The van der Waals surface area contributed by atoms with Crippen LogP contribution >= 0.6 is 0 Å². The summed E-state index contributed by atoms with van der Waals surface area (Å²) >= 11 is 0. The van der Waals surface area contributed by atoms with Crippen LogP contribution in [0.5, 0.6) is 0 Å². The Balaban J connectivity index is -0.00000000167. The summed E-state index contributed by atoms with van der Waals surface area (Å²) in [5, 5.41) is 7.00. The Morgan fingerprint density at radius 2 is 1.00 bits per heavy atom. The average molecular weight is 240 g/mol. The molecule has 0 bridgehead atoms. The van der Waals surface area contributed by atoms with Gasteiger partial charge >= 0.3 is 48.9 Å². The number of hydrogen-bond donors (Lipinski definition) is 1. The predicted molar refractivity (Wildman–Crippen MR) is 13.9 cm³/mol. The van der Waals surface area contributed by atoms with E-state index in [0.29, 0.717) is 0 Å². The van der Waals surface area contributed by atoms with E-state index in [2.05, 4.69) is 0 Å². The second-order valence-electron chi connectivity index (χ2n) is 0. The largest absolute Gasteiger partial charge is 2.00 e. The second kappa shape index (κ2) is 35.8. The molecule has 0 fully saturated rings. The third-order valence-electron chi connectivity index (χ3n) is 0. The van der Waals surface area contributed by atoms with Crippen molar-refractivity contribution < 1.29 is 29.9 Å². The molecule has 0 amide bonds. The van der Waals surface area contributed by atoms with E-state index in [1.807, 2.05) is 0 Å². The minimum Gasteiger partial charge on any atom is -1.00 e. The van der Waals surface area contributed by atoms with Gasteiger partial charge in [0.25, 0.3) is 0 Å². The van der Waals surface area contributed by atoms with Crippen molar-refractivity contribution >= 4 is 48.9 Å². The third kappa shape index (κ3) is 23.2. The molecule has 1 N–H and O–H groups in total. The molecule has 0 rings (SSSR count). The van der Waals surface area contributed by atoms with Gasteiger partial charge in [-0.1, -0.05) is 0 Å². The van der Waals surface area contributed by atoms with Crippen molar-refractivity contribution in [3.8, 4) is 0 Å². The van der Waals surface area contributed by atoms with Gasteiger partial charge in [-0.05, 0) is 0 Å². The van der Waals surface area contributed by atoms with E-state index in [1.165, 1.54) is 0 Å². The zero-order valence-corrected chi connectivity index (χ0v) is 8.86. The molecule has 0 spiro atoms. The van der Waals surface area contributed by atoms with Gasteiger partial charge in [0.2, 0.25) is 0 Å². The van der Waals surface area contributed by atoms with Crippen LogP contribution in [0.1, 0.15) is 0 Å². The van der Waals surface area contributed by atoms with Gasteiger partial charge in [-0.15, -0.1) is 0 Å². The van der Waals surface area contributed by atoms with E-state index in [1.54, 1.807) is 0 Å². The van der Waals surface area contributed by atoms with Gasteiger partial charge in [-0.2, -0.15) is 0 Å². The van der Waals surface area contributed by atoms with Crippen molar-refractivity contribution in [3.63, 3.8) is 0 Å². The molecular formula is CH4BaCl2O. The van der Waals surface area contributed by atoms with Gasteiger partial charge in [0.15, 0.2) is 0 Å². The minimum absolute atomic E-state index is 0. The van der Waals surface area contributed by atoms with E-state index in [9.17, 15) is 0 Å². The zero-order chi connectivity index (χ0) is 2.00. The first kappa shape index (κ1) is 27.4. The summed E-state index contributed by atoms with van der Waals surface area (Å²) in [6, 6.07) is 0. The van der Waals surface area contributed by atoms with Crippen molar-refractivity contribution in [1.29, 1.82) is 0 Å². The Morgan fingerprint density at radius 1 is 1.00 bits per heavy atom. The monoisotopic (exact) mass is 240 g/mol. The summed E-state index contributed by atoms with van der Waals surface area (Å²) in [4.78, 5) is 0. The summed E-state index contributed by atoms with van der Waals surface area (Å²) in [5.74, 6) is 0. The average Bonchev–Trinajstić information content (AvgIpc) is 1.00. The van der Waals surface area contributed by atoms with E-state index < -0.39 is 0 Å². The fourth-order valence-electron chi connectivity index (χ4n) is 0. The van der Waals surface area contributed by atoms with Gasteiger partial charge < -0.3 is 29.9 Å². The van der Waals surface area contributed by atoms with Gasteiger partial charge in [0.05, 0.1) is 0 Å². The Hall–Kier alpha value is 2.11. The molecule has 0 heterocycles. The SMILES string of the molecule is CO.[Ba+2].[Cl-].[Cl-]. The van der Waals surface area contributed by atoms with Crippen molar-refractivity contribution in [2.75, 3.05) is 7.11 Å². The molecule has 0 saturated heterocycles. The second-order valence-corrected chi connectivity index (χ2v) is 0. The molecule has 0 aliphatic heterocycles. The molecule has 1 nitrogen and oxygen atoms in total. The van der Waals surface area contributed by atoms with Crippen LogP contribution in [-0.2, 0) is 0 Å². The molecule has 0 aromatic carbocycles. The van der Waals surface area contributed by atoms with Crippen LogP contribution in [0, 0.1) is 0 Å². The number of aliphatic hydroxyl groups is 1. The normalized spacial score (nSPS) is 1.20. The summed E-state index contributed by atoms with van der Waals surface area (Å²) in [7, 11) is 1.00. The van der Waals surface area contributed by atoms with Crippen molar-refractivity contribution in [1.82, 2.24) is 0 Å². The van der Waals surface area contributed by atoms with Crippen molar-refractivity contribution in [2.45, 2.75) is 0 Å². The number of aliphatic hydroxyl groups excluding tert-OH is 1. The predicted octanol–water partition coefficient (Wildman–Crippen LogP) is -6.76. The van der Waals surface area contributed by atoms with Crippen molar-refractivity contribution in [2.24, 2.45) is 0 Å². The van der Waals surface area contributed by atoms with Crippen LogP contribution in [0.15, 0.2) is 0 Å². The van der Waals surface area contributed by atoms with E-state index in [4.69, 9.17) is 5.11 Å². The molecule has 4 heteroatoms. The molecular weight excluding hydrogens is 236 g/mol. The first-order valence-electron chi connectivity index (χ1n) is 0.447. The van der Waals surface area contributed by atoms with Crippen LogP contribution in [-0.4, -0.2) is 61.1 Å². The zero-order valence-electron chi connectivity index (χ0n) is 2.91. The number of halogens is 2. The van der Waals surface area contributed by atoms with Gasteiger partial charge in [-0.25, -0.2) is 0 Å². The molecule has 30 valence electrons. The van der Waals surface area contributed by atoms with Crippen LogP contribution < -0.4 is 24.8 Å². The smallest absolute Gasteiger partial charge is 1.00 e. The number of rotatable bonds is 0. The fourth-order valence-corrected chi connectivity index (χ4v) is 0. The van der Waals surface area contributed by atoms with Gasteiger partial charge in [0.1, 0.15) is 0 Å². The first-order chi connectivity index (χ1) is 1.00. The Bertz CT molecular complexity index is 9.61. The molecule has 0 unspecified atom stereocenters. The molecule has 0 atom stereocenters. The van der Waals surface area contributed by atoms with E-state index >= 15 is 0 Å². The molecule has 0 saturated carbocycles. The summed E-state index contributed by atoms with van der Waals surface area (Å²) < 4.78 is 0. The number of hydrogen-bond acceptors (Lipinski definition) is 1. The van der Waals surface area contributed by atoms with Crippen LogP contribution in [0.25, 0.3) is 0 Å². The Labute approximate surface area is 84.4 Å². The first-order valence-corrected chi connectivity index (χ1v) is 0.447.